The van der Waals surface area contributed by atoms with Crippen LogP contribution in [0.5, 0.6) is 0 Å². The molecule has 144 valence electrons. The van der Waals surface area contributed by atoms with Crippen molar-refractivity contribution in [1.29, 1.82) is 0 Å². The quantitative estimate of drug-likeness (QED) is 0.690. The van der Waals surface area contributed by atoms with Crippen LogP contribution in [0.25, 0.3) is 0 Å². The Hall–Kier alpha value is -1.06. The summed E-state index contributed by atoms with van der Waals surface area (Å²) in [5.74, 6) is 0.881. The molecule has 2 fully saturated rings. The number of hydrogen-bond donors (Lipinski definition) is 0. The maximum absolute atomic E-state index is 12.4. The summed E-state index contributed by atoms with van der Waals surface area (Å²) in [4.78, 5) is 17.3. The highest BCUT2D eigenvalue weighted by Gasteiger charge is 2.37. The number of carbonyl (C=O) groups is 1. The number of halogens is 1. The van der Waals surface area contributed by atoms with Crippen molar-refractivity contribution in [1.82, 2.24) is 9.80 Å². The van der Waals surface area contributed by atoms with Gasteiger partial charge in [0.1, 0.15) is 0 Å². The fraction of sp³-hybridized carbons (Fsp3) is 0.682. The Morgan fingerprint density at radius 2 is 2.04 bits per heavy atom. The molecule has 4 heteroatoms. The van der Waals surface area contributed by atoms with Crippen LogP contribution in [0.4, 0.5) is 0 Å². The molecule has 0 unspecified atom stereocenters. The third kappa shape index (κ3) is 4.43. The van der Waals surface area contributed by atoms with Gasteiger partial charge < -0.3 is 4.90 Å². The molecule has 26 heavy (non-hydrogen) atoms. The molecule has 1 amide bonds. The van der Waals surface area contributed by atoms with E-state index in [4.69, 9.17) is 11.6 Å². The van der Waals surface area contributed by atoms with Gasteiger partial charge in [-0.05, 0) is 49.7 Å². The van der Waals surface area contributed by atoms with Gasteiger partial charge in [0.15, 0.2) is 0 Å². The summed E-state index contributed by atoms with van der Waals surface area (Å²) in [6.07, 6.45) is 7.57. The minimum Gasteiger partial charge on any atom is -0.340 e. The lowest BCUT2D eigenvalue weighted by molar-refractivity contribution is -0.135. The predicted octanol–water partition coefficient (Wildman–Crippen LogP) is 5.09. The van der Waals surface area contributed by atoms with Gasteiger partial charge in [0, 0.05) is 43.2 Å². The van der Waals surface area contributed by atoms with Crippen molar-refractivity contribution >= 4 is 17.5 Å². The van der Waals surface area contributed by atoms with Crippen LogP contribution in [0, 0.1) is 0 Å². The first-order chi connectivity index (χ1) is 12.6. The van der Waals surface area contributed by atoms with E-state index in [-0.39, 0.29) is 0 Å². The summed E-state index contributed by atoms with van der Waals surface area (Å²) in [6, 6.07) is 9.37. The molecular weight excluding hydrogens is 344 g/mol. The lowest BCUT2D eigenvalue weighted by atomic mass is 9.82. The number of amides is 1. The molecule has 1 aromatic carbocycles. The topological polar surface area (TPSA) is 23.6 Å². The van der Waals surface area contributed by atoms with Crippen molar-refractivity contribution in [2.45, 2.75) is 76.8 Å². The van der Waals surface area contributed by atoms with Crippen LogP contribution in [0.1, 0.15) is 70.3 Å². The summed E-state index contributed by atoms with van der Waals surface area (Å²) in [6.45, 7) is 7.34. The molecule has 0 spiro atoms. The van der Waals surface area contributed by atoms with Crippen molar-refractivity contribution < 1.29 is 4.79 Å². The Kier molecular flexibility index (Phi) is 6.99. The van der Waals surface area contributed by atoms with Crippen molar-refractivity contribution in [3.8, 4) is 0 Å². The number of rotatable bonds is 6. The number of nitrogens with zero attached hydrogens (tertiary/aromatic N) is 2. The highest BCUT2D eigenvalue weighted by atomic mass is 35.5. The smallest absolute Gasteiger partial charge is 0.222 e. The average molecular weight is 377 g/mol. The van der Waals surface area contributed by atoms with Crippen molar-refractivity contribution in [2.75, 3.05) is 19.6 Å². The minimum atomic E-state index is 0.335. The molecule has 0 aromatic heterocycles. The van der Waals surface area contributed by atoms with Gasteiger partial charge in [0.2, 0.25) is 5.91 Å². The van der Waals surface area contributed by atoms with E-state index >= 15 is 0 Å². The maximum atomic E-state index is 12.4. The largest absolute Gasteiger partial charge is 0.340 e. The minimum absolute atomic E-state index is 0.335. The van der Waals surface area contributed by atoms with Crippen LogP contribution in [0.3, 0.4) is 0 Å². The molecule has 0 bridgehead atoms. The maximum Gasteiger partial charge on any atom is 0.222 e. The van der Waals surface area contributed by atoms with E-state index in [1.165, 1.54) is 18.4 Å². The van der Waals surface area contributed by atoms with E-state index in [1.54, 1.807) is 0 Å². The van der Waals surface area contributed by atoms with Gasteiger partial charge in [-0.25, -0.2) is 0 Å². The first-order valence-electron chi connectivity index (χ1n) is 10.4. The predicted molar refractivity (Wildman–Crippen MR) is 109 cm³/mol. The molecule has 0 saturated carbocycles. The summed E-state index contributed by atoms with van der Waals surface area (Å²) in [7, 11) is 0. The molecular formula is C22H33ClN2O. The van der Waals surface area contributed by atoms with Crippen molar-refractivity contribution in [3.05, 3.63) is 34.9 Å². The van der Waals surface area contributed by atoms with Gasteiger partial charge >= 0.3 is 0 Å². The van der Waals surface area contributed by atoms with Gasteiger partial charge in [0.05, 0.1) is 0 Å². The molecule has 0 radical (unpaired) electrons. The van der Waals surface area contributed by atoms with Gasteiger partial charge in [-0.15, -0.1) is 0 Å². The molecule has 3 nitrogen and oxygen atoms in total. The van der Waals surface area contributed by atoms with E-state index < -0.39 is 0 Å². The number of benzene rings is 1. The highest BCUT2D eigenvalue weighted by molar-refractivity contribution is 6.31. The third-order valence-corrected chi connectivity index (χ3v) is 6.62. The first kappa shape index (κ1) is 19.7. The average Bonchev–Trinajstić information content (AvgIpc) is 2.68. The second kappa shape index (κ2) is 9.23. The number of hydrogen-bond acceptors (Lipinski definition) is 2. The molecule has 2 saturated heterocycles. The Bertz CT molecular complexity index is 606. The number of unbranched alkanes of at least 4 members (excludes halogenated alkanes) is 1. The first-order valence-corrected chi connectivity index (χ1v) is 10.8. The van der Waals surface area contributed by atoms with E-state index in [2.05, 4.69) is 28.9 Å². The van der Waals surface area contributed by atoms with Gasteiger partial charge in [0.25, 0.3) is 0 Å². The molecule has 0 N–H and O–H groups in total. The third-order valence-electron chi connectivity index (χ3n) is 6.27. The number of carbonyl (C=O) groups excluding carboxylic acids is 1. The van der Waals surface area contributed by atoms with Gasteiger partial charge in [-0.2, -0.15) is 0 Å². The summed E-state index contributed by atoms with van der Waals surface area (Å²) in [5.41, 5.74) is 1.31. The van der Waals surface area contributed by atoms with Crippen LogP contribution in [-0.4, -0.2) is 47.4 Å². The zero-order chi connectivity index (χ0) is 18.5. The summed E-state index contributed by atoms with van der Waals surface area (Å²) < 4.78 is 0. The van der Waals surface area contributed by atoms with E-state index in [9.17, 15) is 4.79 Å². The molecule has 2 heterocycles. The van der Waals surface area contributed by atoms with Gasteiger partial charge in [-0.1, -0.05) is 50.1 Å². The Morgan fingerprint density at radius 1 is 1.23 bits per heavy atom. The Labute approximate surface area is 163 Å². The standard InChI is InChI=1S/C22H33ClN2O/c1-3-5-13-25(22(26)4-2)19-12-14-24-16-17(10-11-18(24)15-19)20-8-6-7-9-21(20)23/h6-9,17-19H,3-5,10-16H2,1-2H3/t17-,18+,19+/m1/s1. The monoisotopic (exact) mass is 376 g/mol. The van der Waals surface area contributed by atoms with E-state index in [0.29, 0.717) is 30.3 Å². The Morgan fingerprint density at radius 3 is 2.77 bits per heavy atom. The fourth-order valence-electron chi connectivity index (χ4n) is 4.77. The molecule has 3 atom stereocenters. The zero-order valence-electron chi connectivity index (χ0n) is 16.3. The normalized spacial score (nSPS) is 26.3. The van der Waals surface area contributed by atoms with Crippen molar-refractivity contribution in [2.24, 2.45) is 0 Å². The van der Waals surface area contributed by atoms with Crippen LogP contribution in [0.2, 0.25) is 5.02 Å². The number of fused-ring (bicyclic) bond motifs is 1. The molecule has 2 aliphatic heterocycles. The number of piperidine rings is 2. The summed E-state index contributed by atoms with van der Waals surface area (Å²) >= 11 is 6.43. The lowest BCUT2D eigenvalue weighted by Gasteiger charge is -2.47. The van der Waals surface area contributed by atoms with Crippen molar-refractivity contribution in [3.63, 3.8) is 0 Å². The van der Waals surface area contributed by atoms with Crippen LogP contribution in [0.15, 0.2) is 24.3 Å². The van der Waals surface area contributed by atoms with Gasteiger partial charge in [-0.3, -0.25) is 9.69 Å². The fourth-order valence-corrected chi connectivity index (χ4v) is 5.06. The zero-order valence-corrected chi connectivity index (χ0v) is 17.0. The second-order valence-electron chi connectivity index (χ2n) is 7.92. The van der Waals surface area contributed by atoms with E-state index in [0.717, 1.165) is 50.3 Å². The SMILES string of the molecule is CCCCN(C(=O)CC)[C@H]1CCN2C[C@H](c3ccccc3Cl)CC[C@H]2C1. The summed E-state index contributed by atoms with van der Waals surface area (Å²) in [5, 5.41) is 0.908. The Balaban J connectivity index is 1.62. The second-order valence-corrected chi connectivity index (χ2v) is 8.32. The van der Waals surface area contributed by atoms with E-state index in [1.807, 2.05) is 19.1 Å². The highest BCUT2D eigenvalue weighted by Crippen LogP contribution is 2.37. The molecule has 2 aliphatic rings. The van der Waals surface area contributed by atoms with Crippen LogP contribution >= 0.6 is 11.6 Å². The lowest BCUT2D eigenvalue weighted by Crippen LogP contribution is -2.54. The van der Waals surface area contributed by atoms with Crippen LogP contribution in [-0.2, 0) is 4.79 Å². The van der Waals surface area contributed by atoms with Crippen LogP contribution < -0.4 is 0 Å². The molecule has 0 aliphatic carbocycles. The molecule has 1 aromatic rings. The molecule has 3 rings (SSSR count).